The molecule has 1 unspecified atom stereocenters. The van der Waals surface area contributed by atoms with Crippen molar-refractivity contribution < 1.29 is 23.2 Å². The number of ether oxygens (including phenoxy) is 1. The summed E-state index contributed by atoms with van der Waals surface area (Å²) < 4.78 is 33.1. The van der Waals surface area contributed by atoms with Gasteiger partial charge in [0.2, 0.25) is 10.0 Å². The van der Waals surface area contributed by atoms with E-state index < -0.39 is 22.0 Å². The molecule has 2 aromatic rings. The van der Waals surface area contributed by atoms with Crippen molar-refractivity contribution in [1.82, 2.24) is 9.79 Å². The maximum atomic E-state index is 13.2. The highest BCUT2D eigenvalue weighted by atomic mass is 35.5. The second-order valence-corrected chi connectivity index (χ2v) is 9.80. The molecule has 9 heteroatoms. The molecule has 30 heavy (non-hydrogen) atoms. The van der Waals surface area contributed by atoms with Gasteiger partial charge in [0.05, 0.1) is 4.90 Å². The summed E-state index contributed by atoms with van der Waals surface area (Å²) in [6.45, 7) is 0. The second-order valence-electron chi connectivity index (χ2n) is 7.37. The summed E-state index contributed by atoms with van der Waals surface area (Å²) in [5.74, 6) is 0.189. The van der Waals surface area contributed by atoms with Gasteiger partial charge in [0.25, 0.3) is 5.91 Å². The summed E-state index contributed by atoms with van der Waals surface area (Å²) in [7, 11) is -2.57. The zero-order valence-corrected chi connectivity index (χ0v) is 18.2. The molecule has 0 spiro atoms. The Morgan fingerprint density at radius 3 is 2.13 bits per heavy atom. The zero-order valence-electron chi connectivity index (χ0n) is 16.6. The van der Waals surface area contributed by atoms with E-state index in [0.29, 0.717) is 16.5 Å². The molecule has 1 fully saturated rings. The molecule has 7 nitrogen and oxygen atoms in total. The lowest BCUT2D eigenvalue weighted by atomic mass is 9.83. The maximum absolute atomic E-state index is 13.2. The number of likely N-dealkylation sites (N-methyl/N-ethyl adjacent to an activating group) is 1. The Hall–Kier alpha value is -2.13. The van der Waals surface area contributed by atoms with E-state index in [1.165, 1.54) is 19.2 Å². The van der Waals surface area contributed by atoms with Crippen LogP contribution in [-0.4, -0.2) is 36.9 Å². The van der Waals surface area contributed by atoms with Crippen molar-refractivity contribution >= 4 is 27.5 Å². The van der Waals surface area contributed by atoms with Crippen LogP contribution < -0.4 is 10.2 Å². The minimum atomic E-state index is -3.95. The summed E-state index contributed by atoms with van der Waals surface area (Å²) in [5.41, 5.74) is 1.63. The summed E-state index contributed by atoms with van der Waals surface area (Å²) in [4.78, 5) is 12.4. The summed E-state index contributed by atoms with van der Waals surface area (Å²) >= 11 is 5.86. The van der Waals surface area contributed by atoms with E-state index >= 15 is 0 Å². The van der Waals surface area contributed by atoms with Crippen LogP contribution in [0.25, 0.3) is 0 Å². The highest BCUT2D eigenvalue weighted by Crippen LogP contribution is 2.32. The van der Waals surface area contributed by atoms with Crippen LogP contribution in [0.4, 0.5) is 0 Å². The molecule has 1 aliphatic rings. The quantitative estimate of drug-likeness (QED) is 0.484. The molecule has 2 aromatic carbocycles. The normalized spacial score (nSPS) is 16.3. The Labute approximate surface area is 181 Å². The number of rotatable bonds is 7. The molecule has 0 bridgehead atoms. The lowest BCUT2D eigenvalue weighted by molar-refractivity contribution is -0.135. The Kier molecular flexibility index (Phi) is 7.36. The molecule has 1 aliphatic carbocycles. The van der Waals surface area contributed by atoms with Crippen molar-refractivity contribution in [3.05, 3.63) is 53.6 Å². The van der Waals surface area contributed by atoms with Crippen molar-refractivity contribution in [1.29, 1.82) is 0 Å². The van der Waals surface area contributed by atoms with Crippen molar-refractivity contribution in [2.45, 2.75) is 43.0 Å². The van der Waals surface area contributed by atoms with Gasteiger partial charge in [-0.2, -0.15) is 4.31 Å². The molecule has 2 N–H and O–H groups in total. The second kappa shape index (κ2) is 9.78. The number of halogens is 1. The predicted molar refractivity (Wildman–Crippen MR) is 113 cm³/mol. The van der Waals surface area contributed by atoms with Gasteiger partial charge >= 0.3 is 0 Å². The number of hydrogen-bond acceptors (Lipinski definition) is 5. The Morgan fingerprint density at radius 2 is 1.60 bits per heavy atom. The minimum Gasteiger partial charge on any atom is -0.457 e. The molecule has 1 atom stereocenters. The molecule has 0 heterocycles. The topological polar surface area (TPSA) is 95.9 Å². The van der Waals surface area contributed by atoms with Gasteiger partial charge < -0.3 is 4.74 Å². The molecular formula is C21H25ClN2O5S. The van der Waals surface area contributed by atoms with E-state index in [2.05, 4.69) is 0 Å². The van der Waals surface area contributed by atoms with Gasteiger partial charge in [-0.15, -0.1) is 0 Å². The van der Waals surface area contributed by atoms with Crippen LogP contribution in [0.3, 0.4) is 0 Å². The zero-order chi connectivity index (χ0) is 21.7. The van der Waals surface area contributed by atoms with Crippen molar-refractivity contribution in [3.8, 4) is 11.5 Å². The molecule has 3 rings (SSSR count). The van der Waals surface area contributed by atoms with Crippen LogP contribution in [0.1, 0.15) is 32.1 Å². The fraction of sp³-hybridized carbons (Fsp3) is 0.381. The Bertz CT molecular complexity index is 958. The molecule has 0 saturated heterocycles. The van der Waals surface area contributed by atoms with Crippen LogP contribution in [0.5, 0.6) is 11.5 Å². The van der Waals surface area contributed by atoms with Gasteiger partial charge in [-0.05, 0) is 67.3 Å². The third-order valence-corrected chi connectivity index (χ3v) is 7.52. The fourth-order valence-electron chi connectivity index (χ4n) is 3.83. The average molecular weight is 453 g/mol. The first-order chi connectivity index (χ1) is 14.3. The summed E-state index contributed by atoms with van der Waals surface area (Å²) in [5, 5.41) is 9.76. The number of carbonyl (C=O) groups excluding carboxylic acids is 1. The first-order valence-electron chi connectivity index (χ1n) is 9.78. The molecule has 162 valence electrons. The Balaban J connectivity index is 1.80. The smallest absolute Gasteiger partial charge is 0.262 e. The van der Waals surface area contributed by atoms with E-state index in [1.54, 1.807) is 41.9 Å². The minimum absolute atomic E-state index is 0.0417. The fourth-order valence-corrected chi connectivity index (χ4v) is 5.33. The van der Waals surface area contributed by atoms with Crippen molar-refractivity contribution in [2.24, 2.45) is 5.92 Å². The number of benzene rings is 2. The van der Waals surface area contributed by atoms with Gasteiger partial charge in [0, 0.05) is 12.1 Å². The lowest BCUT2D eigenvalue weighted by Gasteiger charge is -2.34. The first-order valence-corrected chi connectivity index (χ1v) is 11.6. The van der Waals surface area contributed by atoms with Gasteiger partial charge in [-0.3, -0.25) is 10.0 Å². The molecule has 1 amide bonds. The highest BCUT2D eigenvalue weighted by Gasteiger charge is 2.38. The predicted octanol–water partition coefficient (Wildman–Crippen LogP) is 4.21. The number of carbonyl (C=O) groups is 1. The number of nitrogens with one attached hydrogen (secondary N) is 1. The number of sulfonamides is 1. The van der Waals surface area contributed by atoms with E-state index in [1.807, 2.05) is 0 Å². The lowest BCUT2D eigenvalue weighted by Crippen LogP contribution is -2.51. The molecule has 0 aromatic heterocycles. The first kappa shape index (κ1) is 22.6. The summed E-state index contributed by atoms with van der Waals surface area (Å²) in [6.07, 6.45) is 4.42. The third-order valence-electron chi connectivity index (χ3n) is 5.42. The van der Waals surface area contributed by atoms with Crippen LogP contribution >= 0.6 is 11.6 Å². The van der Waals surface area contributed by atoms with Gasteiger partial charge in [0.15, 0.2) is 0 Å². The maximum Gasteiger partial charge on any atom is 0.262 e. The Morgan fingerprint density at radius 1 is 1.07 bits per heavy atom. The van der Waals surface area contributed by atoms with Gasteiger partial charge in [-0.1, -0.05) is 30.9 Å². The van der Waals surface area contributed by atoms with Gasteiger partial charge in [-0.25, -0.2) is 13.9 Å². The number of hydrogen-bond donors (Lipinski definition) is 2. The molecule has 1 saturated carbocycles. The van der Waals surface area contributed by atoms with Gasteiger partial charge in [0.1, 0.15) is 17.5 Å². The number of nitrogens with zero attached hydrogens (tertiary/aromatic N) is 1. The molecular weight excluding hydrogens is 428 g/mol. The van der Waals surface area contributed by atoms with Crippen LogP contribution in [0.15, 0.2) is 53.4 Å². The average Bonchev–Trinajstić information content (AvgIpc) is 2.76. The monoisotopic (exact) mass is 452 g/mol. The highest BCUT2D eigenvalue weighted by molar-refractivity contribution is 7.89. The van der Waals surface area contributed by atoms with Crippen LogP contribution in [-0.2, 0) is 14.8 Å². The van der Waals surface area contributed by atoms with E-state index in [4.69, 9.17) is 21.5 Å². The standard InChI is InChI=1S/C21H25ClN2O5S/c1-24(20(21(25)23-26)15-5-3-2-4-6-15)30(27,28)19-13-11-18(12-14-19)29-17-9-7-16(22)8-10-17/h7-15,20,26H,2-6H2,1H3,(H,23,25). The third kappa shape index (κ3) is 5.13. The largest absolute Gasteiger partial charge is 0.457 e. The van der Waals surface area contributed by atoms with Crippen molar-refractivity contribution in [3.63, 3.8) is 0 Å². The molecule has 0 radical (unpaired) electrons. The number of amides is 1. The van der Waals surface area contributed by atoms with E-state index in [0.717, 1.165) is 36.4 Å². The SMILES string of the molecule is CN(C(C(=O)NO)C1CCCCC1)S(=O)(=O)c1ccc(Oc2ccc(Cl)cc2)cc1. The number of hydroxylamine groups is 1. The van der Waals surface area contributed by atoms with Crippen molar-refractivity contribution in [2.75, 3.05) is 7.05 Å². The van der Waals surface area contributed by atoms with E-state index in [9.17, 15) is 13.2 Å². The van der Waals surface area contributed by atoms with Crippen LogP contribution in [0.2, 0.25) is 5.02 Å². The summed E-state index contributed by atoms with van der Waals surface area (Å²) in [6, 6.07) is 11.8. The molecule has 0 aliphatic heterocycles. The van der Waals surface area contributed by atoms with Crippen LogP contribution in [0, 0.1) is 5.92 Å². The van der Waals surface area contributed by atoms with E-state index in [-0.39, 0.29) is 10.8 Å².